The van der Waals surface area contributed by atoms with Crippen molar-refractivity contribution in [3.05, 3.63) is 40.0 Å². The third-order valence-corrected chi connectivity index (χ3v) is 6.00. The van der Waals surface area contributed by atoms with Crippen molar-refractivity contribution in [3.63, 3.8) is 0 Å². The maximum Gasteiger partial charge on any atom is 0.119 e. The van der Waals surface area contributed by atoms with Crippen molar-refractivity contribution in [1.29, 1.82) is 0 Å². The molecule has 0 radical (unpaired) electrons. The second kappa shape index (κ2) is 5.73. The minimum absolute atomic E-state index is 0.0529. The van der Waals surface area contributed by atoms with E-state index in [1.54, 1.807) is 5.57 Å². The largest absolute Gasteiger partial charge is 0.508 e. The number of allylic oxidation sites excluding steroid dienone is 1. The lowest BCUT2D eigenvalue weighted by atomic mass is 9.69. The summed E-state index contributed by atoms with van der Waals surface area (Å²) in [7, 11) is 0. The van der Waals surface area contributed by atoms with Gasteiger partial charge in [-0.15, -0.1) is 0 Å². The topological polar surface area (TPSA) is 40.5 Å². The zero-order valence-corrected chi connectivity index (χ0v) is 13.3. The van der Waals surface area contributed by atoms with Gasteiger partial charge in [-0.2, -0.15) is 0 Å². The smallest absolute Gasteiger partial charge is 0.119 e. The Morgan fingerprint density at radius 2 is 1.64 bits per heavy atom. The number of fused-ring (bicyclic) bond motifs is 1. The van der Waals surface area contributed by atoms with E-state index in [1.807, 2.05) is 6.07 Å². The maximum atomic E-state index is 10.7. The molecule has 2 atom stereocenters. The van der Waals surface area contributed by atoms with Crippen LogP contribution in [0, 0.1) is 0 Å². The van der Waals surface area contributed by atoms with Crippen LogP contribution in [0.3, 0.4) is 0 Å². The van der Waals surface area contributed by atoms with Crippen LogP contribution in [0.2, 0.25) is 0 Å². The Kier molecular flexibility index (Phi) is 3.73. The molecule has 4 rings (SSSR count). The van der Waals surface area contributed by atoms with E-state index in [4.69, 9.17) is 0 Å². The highest BCUT2D eigenvalue weighted by atomic mass is 16.3. The van der Waals surface area contributed by atoms with Gasteiger partial charge in [-0.1, -0.05) is 17.2 Å². The van der Waals surface area contributed by atoms with Crippen LogP contribution >= 0.6 is 0 Å². The number of benzene rings is 1. The van der Waals surface area contributed by atoms with Crippen molar-refractivity contribution < 1.29 is 10.2 Å². The highest BCUT2D eigenvalue weighted by molar-refractivity contribution is 5.52. The molecule has 2 heteroatoms. The van der Waals surface area contributed by atoms with Crippen molar-refractivity contribution in [2.24, 2.45) is 0 Å². The first kappa shape index (κ1) is 14.3. The molecule has 2 nitrogen and oxygen atoms in total. The number of rotatable bonds is 1. The van der Waals surface area contributed by atoms with Crippen LogP contribution < -0.4 is 0 Å². The van der Waals surface area contributed by atoms with E-state index < -0.39 is 0 Å². The number of aryl methyl sites for hydroxylation is 1. The molecule has 0 bridgehead atoms. The normalized spacial score (nSPS) is 28.2. The van der Waals surface area contributed by atoms with Gasteiger partial charge in [0.1, 0.15) is 5.75 Å². The molecule has 118 valence electrons. The standard InChI is InChI=1S/C20H26O2/c21-17-11-9-13-5-1-3-7-15(13)19(17)20-16-8-4-2-6-14(16)10-12-18(20)22/h9,11,18,20-22H,1-8,10,12H2/t18-,20?/m1/s1. The van der Waals surface area contributed by atoms with E-state index in [-0.39, 0.29) is 12.0 Å². The first-order valence-corrected chi connectivity index (χ1v) is 8.98. The molecular weight excluding hydrogens is 272 g/mol. The molecule has 0 spiro atoms. The van der Waals surface area contributed by atoms with Crippen molar-refractivity contribution in [1.82, 2.24) is 0 Å². The van der Waals surface area contributed by atoms with Gasteiger partial charge < -0.3 is 10.2 Å². The van der Waals surface area contributed by atoms with E-state index in [2.05, 4.69) is 6.07 Å². The van der Waals surface area contributed by atoms with Gasteiger partial charge in [-0.25, -0.2) is 0 Å². The Morgan fingerprint density at radius 1 is 0.864 bits per heavy atom. The summed E-state index contributed by atoms with van der Waals surface area (Å²) in [5.74, 6) is 0.459. The minimum Gasteiger partial charge on any atom is -0.508 e. The molecule has 0 amide bonds. The van der Waals surface area contributed by atoms with Crippen LogP contribution in [0.25, 0.3) is 0 Å². The molecule has 0 aliphatic heterocycles. The summed E-state index contributed by atoms with van der Waals surface area (Å²) in [6.07, 6.45) is 11.1. The molecular formula is C20H26O2. The Bertz CT molecular complexity index is 614. The Balaban J connectivity index is 1.86. The summed E-state index contributed by atoms with van der Waals surface area (Å²) in [5, 5.41) is 21.3. The Labute approximate surface area is 132 Å². The molecule has 0 fully saturated rings. The van der Waals surface area contributed by atoms with Gasteiger partial charge in [-0.05, 0) is 81.4 Å². The zero-order valence-electron chi connectivity index (χ0n) is 13.3. The molecule has 0 aromatic heterocycles. The van der Waals surface area contributed by atoms with Crippen LogP contribution in [-0.4, -0.2) is 16.3 Å². The molecule has 3 aliphatic carbocycles. The van der Waals surface area contributed by atoms with Crippen molar-refractivity contribution in [2.45, 2.75) is 76.2 Å². The van der Waals surface area contributed by atoms with Crippen LogP contribution in [0.5, 0.6) is 5.75 Å². The second-order valence-corrected chi connectivity index (χ2v) is 7.26. The third kappa shape index (κ3) is 2.28. The van der Waals surface area contributed by atoms with Crippen molar-refractivity contribution >= 4 is 0 Å². The quantitative estimate of drug-likeness (QED) is 0.755. The van der Waals surface area contributed by atoms with Crippen LogP contribution in [0.4, 0.5) is 0 Å². The van der Waals surface area contributed by atoms with Gasteiger partial charge >= 0.3 is 0 Å². The summed E-state index contributed by atoms with van der Waals surface area (Å²) < 4.78 is 0. The lowest BCUT2D eigenvalue weighted by Crippen LogP contribution is -2.28. The van der Waals surface area contributed by atoms with Gasteiger partial charge in [0.05, 0.1) is 6.10 Å². The molecule has 1 unspecified atom stereocenters. The van der Waals surface area contributed by atoms with E-state index in [0.717, 1.165) is 37.7 Å². The second-order valence-electron chi connectivity index (χ2n) is 7.26. The van der Waals surface area contributed by atoms with E-state index in [0.29, 0.717) is 5.75 Å². The number of hydrogen-bond acceptors (Lipinski definition) is 2. The van der Waals surface area contributed by atoms with Gasteiger partial charge in [0.2, 0.25) is 0 Å². The summed E-state index contributed by atoms with van der Waals surface area (Å²) in [5.41, 5.74) is 6.84. The molecule has 22 heavy (non-hydrogen) atoms. The van der Waals surface area contributed by atoms with Crippen molar-refractivity contribution in [3.8, 4) is 5.75 Å². The summed E-state index contributed by atoms with van der Waals surface area (Å²) in [6.45, 7) is 0. The maximum absolute atomic E-state index is 10.7. The Morgan fingerprint density at radius 3 is 2.55 bits per heavy atom. The van der Waals surface area contributed by atoms with Gasteiger partial charge in [-0.3, -0.25) is 0 Å². The first-order chi connectivity index (χ1) is 10.8. The average molecular weight is 298 g/mol. The lowest BCUT2D eigenvalue weighted by molar-refractivity contribution is 0.132. The number of phenolic OH excluding ortho intramolecular Hbond substituents is 1. The zero-order chi connectivity index (χ0) is 15.1. The fourth-order valence-electron chi connectivity index (χ4n) is 4.93. The molecule has 3 aliphatic rings. The fourth-order valence-corrected chi connectivity index (χ4v) is 4.93. The molecule has 2 N–H and O–H groups in total. The SMILES string of the molecule is Oc1ccc2c(c1C1C3=C(CCCC3)CC[C@H]1O)CCCC2. The van der Waals surface area contributed by atoms with Gasteiger partial charge in [0, 0.05) is 11.5 Å². The number of hydrogen-bond donors (Lipinski definition) is 2. The third-order valence-electron chi connectivity index (χ3n) is 6.00. The average Bonchev–Trinajstić information content (AvgIpc) is 2.56. The predicted octanol–water partition coefficient (Wildman–Crippen LogP) is 4.38. The number of aliphatic hydroxyl groups excluding tert-OH is 1. The molecule has 0 saturated carbocycles. The molecule has 1 aromatic carbocycles. The highest BCUT2D eigenvalue weighted by Crippen LogP contribution is 2.48. The molecule has 1 aromatic rings. The first-order valence-electron chi connectivity index (χ1n) is 8.98. The molecule has 0 heterocycles. The van der Waals surface area contributed by atoms with E-state index in [9.17, 15) is 10.2 Å². The van der Waals surface area contributed by atoms with Crippen LogP contribution in [0.15, 0.2) is 23.3 Å². The summed E-state index contributed by atoms with van der Waals surface area (Å²) >= 11 is 0. The van der Waals surface area contributed by atoms with E-state index >= 15 is 0 Å². The van der Waals surface area contributed by atoms with Gasteiger partial charge in [0.25, 0.3) is 0 Å². The van der Waals surface area contributed by atoms with Crippen LogP contribution in [0.1, 0.15) is 74.0 Å². The number of phenols is 1. The van der Waals surface area contributed by atoms with E-state index in [1.165, 1.54) is 48.8 Å². The highest BCUT2D eigenvalue weighted by Gasteiger charge is 2.36. The summed E-state index contributed by atoms with van der Waals surface area (Å²) in [4.78, 5) is 0. The number of aromatic hydroxyl groups is 1. The van der Waals surface area contributed by atoms with Crippen LogP contribution in [-0.2, 0) is 12.8 Å². The monoisotopic (exact) mass is 298 g/mol. The van der Waals surface area contributed by atoms with Crippen molar-refractivity contribution in [2.75, 3.05) is 0 Å². The molecule has 0 saturated heterocycles. The van der Waals surface area contributed by atoms with Gasteiger partial charge in [0.15, 0.2) is 0 Å². The minimum atomic E-state index is -0.323. The fraction of sp³-hybridized carbons (Fsp3) is 0.600. The predicted molar refractivity (Wildman–Crippen MR) is 88.2 cm³/mol. The lowest BCUT2D eigenvalue weighted by Gasteiger charge is -2.38. The number of aliphatic hydroxyl groups is 1. The summed E-state index contributed by atoms with van der Waals surface area (Å²) in [6, 6.07) is 3.96. The Hall–Kier alpha value is -1.28.